The molecule has 2 amide bonds. The fourth-order valence-electron chi connectivity index (χ4n) is 3.95. The molecule has 0 saturated heterocycles. The second-order valence-electron chi connectivity index (χ2n) is 8.68. The average Bonchev–Trinajstić information content (AvgIpc) is 3.40. The van der Waals surface area contributed by atoms with Gasteiger partial charge < -0.3 is 20.9 Å². The Morgan fingerprint density at radius 3 is 2.55 bits per heavy atom. The van der Waals surface area contributed by atoms with Crippen molar-refractivity contribution in [2.75, 3.05) is 5.32 Å². The molecule has 2 aromatic heterocycles. The van der Waals surface area contributed by atoms with E-state index >= 15 is 0 Å². The summed E-state index contributed by atoms with van der Waals surface area (Å²) in [6.45, 7) is -0.584. The Balaban J connectivity index is 1.53. The number of halogens is 6. The highest BCUT2D eigenvalue weighted by Crippen LogP contribution is 2.36. The summed E-state index contributed by atoms with van der Waals surface area (Å²) in [5, 5.41) is 8.80. The quantitative estimate of drug-likeness (QED) is 0.376. The molecule has 2 heterocycles. The second kappa shape index (κ2) is 10.5. The zero-order valence-corrected chi connectivity index (χ0v) is 20.4. The van der Waals surface area contributed by atoms with Gasteiger partial charge in [-0.05, 0) is 31.0 Å². The molecule has 1 aliphatic rings. The van der Waals surface area contributed by atoms with Gasteiger partial charge in [0.1, 0.15) is 0 Å². The molecule has 0 radical (unpaired) electrons. The molecule has 0 unspecified atom stereocenters. The van der Waals surface area contributed by atoms with Gasteiger partial charge in [0.25, 0.3) is 17.9 Å². The number of hydrogen-bond acceptors (Lipinski definition) is 5. The van der Waals surface area contributed by atoms with E-state index in [1.165, 1.54) is 25.2 Å². The van der Waals surface area contributed by atoms with E-state index < -0.39 is 36.0 Å². The summed E-state index contributed by atoms with van der Waals surface area (Å²) in [5.74, 6) is -1.39. The summed E-state index contributed by atoms with van der Waals surface area (Å²) in [6, 6.07) is 4.25. The van der Waals surface area contributed by atoms with Crippen LogP contribution in [0.15, 0.2) is 42.7 Å². The molecule has 1 aliphatic carbocycles. The lowest BCUT2D eigenvalue weighted by atomic mass is 9.87. The van der Waals surface area contributed by atoms with Gasteiger partial charge in [-0.15, -0.1) is 0 Å². The summed E-state index contributed by atoms with van der Waals surface area (Å²) in [5.41, 5.74) is 4.27. The van der Waals surface area contributed by atoms with Crippen LogP contribution in [0.4, 0.5) is 27.6 Å². The lowest BCUT2D eigenvalue weighted by Gasteiger charge is -2.33. The Bertz CT molecular complexity index is 1410. The molecular formula is C23H21ClF5N7O2. The summed E-state index contributed by atoms with van der Waals surface area (Å²) in [4.78, 5) is 29.2. The van der Waals surface area contributed by atoms with Crippen LogP contribution in [0.5, 0.6) is 0 Å². The van der Waals surface area contributed by atoms with E-state index in [-0.39, 0.29) is 45.8 Å². The molecule has 15 heteroatoms. The zero-order chi connectivity index (χ0) is 27.8. The van der Waals surface area contributed by atoms with Crippen molar-refractivity contribution in [1.29, 1.82) is 0 Å². The third-order valence-electron chi connectivity index (χ3n) is 5.91. The maximum Gasteiger partial charge on any atom is 0.435 e. The number of alkyl halides is 3. The number of nitrogens with one attached hydrogen (secondary N) is 2. The van der Waals surface area contributed by atoms with E-state index in [1.54, 1.807) is 0 Å². The van der Waals surface area contributed by atoms with E-state index in [0.717, 1.165) is 17.0 Å². The molecule has 0 atom stereocenters. The number of imidazole rings is 1. The minimum Gasteiger partial charge on any atom is -0.349 e. The van der Waals surface area contributed by atoms with Crippen molar-refractivity contribution in [3.63, 3.8) is 0 Å². The molecular weight excluding hydrogens is 537 g/mol. The standard InChI is InChI=1S/C23H21ClF5N7O2/c1-35-17(15-10-36(5-4-18(25)26)34-19(15)23(27,28)29)9-31-20(35)22(38)32-12-2-3-14(16(24)8-12)21(37)33-13-6-11(30)7-13/h2-4,8-11,13H,5-7,30H2,1H3,(H,32,38)(H,33,37)/t11-,13+. The molecule has 1 saturated carbocycles. The van der Waals surface area contributed by atoms with Crippen LogP contribution >= 0.6 is 11.6 Å². The van der Waals surface area contributed by atoms with Crippen molar-refractivity contribution in [2.24, 2.45) is 12.8 Å². The SMILES string of the molecule is Cn1c(-c2cn(CC=C(F)F)nc2C(F)(F)F)cnc1C(=O)Nc1ccc(C(=O)N[C@H]2C[C@@H](N)C2)c(Cl)c1. The van der Waals surface area contributed by atoms with E-state index in [0.29, 0.717) is 23.6 Å². The summed E-state index contributed by atoms with van der Waals surface area (Å²) >= 11 is 6.23. The number of amides is 2. The minimum absolute atomic E-state index is 0.0307. The second-order valence-corrected chi connectivity index (χ2v) is 9.09. The number of aromatic nitrogens is 4. The van der Waals surface area contributed by atoms with Gasteiger partial charge in [0.05, 0.1) is 34.6 Å². The topological polar surface area (TPSA) is 120 Å². The fraction of sp³-hybridized carbons (Fsp3) is 0.304. The Kier molecular flexibility index (Phi) is 7.56. The average molecular weight is 558 g/mol. The number of hydrogen-bond donors (Lipinski definition) is 3. The Labute approximate surface area is 217 Å². The monoisotopic (exact) mass is 557 g/mol. The van der Waals surface area contributed by atoms with Crippen LogP contribution in [0.3, 0.4) is 0 Å². The molecule has 0 aliphatic heterocycles. The van der Waals surface area contributed by atoms with Crippen molar-refractivity contribution in [3.8, 4) is 11.3 Å². The van der Waals surface area contributed by atoms with Crippen LogP contribution in [0.2, 0.25) is 5.02 Å². The van der Waals surface area contributed by atoms with Gasteiger partial charge in [0.15, 0.2) is 11.5 Å². The van der Waals surface area contributed by atoms with Crippen LogP contribution < -0.4 is 16.4 Å². The van der Waals surface area contributed by atoms with Crippen molar-refractivity contribution < 1.29 is 31.5 Å². The van der Waals surface area contributed by atoms with Crippen molar-refractivity contribution in [1.82, 2.24) is 24.6 Å². The molecule has 9 nitrogen and oxygen atoms in total. The largest absolute Gasteiger partial charge is 0.435 e. The first-order valence-electron chi connectivity index (χ1n) is 11.2. The highest BCUT2D eigenvalue weighted by Gasteiger charge is 2.38. The molecule has 4 N–H and O–H groups in total. The van der Waals surface area contributed by atoms with Crippen molar-refractivity contribution in [2.45, 2.75) is 37.6 Å². The molecule has 3 aromatic rings. The van der Waals surface area contributed by atoms with E-state index in [4.69, 9.17) is 17.3 Å². The number of carbonyl (C=O) groups excluding carboxylic acids is 2. The number of carbonyl (C=O) groups is 2. The predicted octanol–water partition coefficient (Wildman–Crippen LogP) is 4.21. The number of allylic oxidation sites excluding steroid dienone is 1. The lowest BCUT2D eigenvalue weighted by Crippen LogP contribution is -2.50. The molecule has 202 valence electrons. The molecule has 4 rings (SSSR count). The molecule has 1 aromatic carbocycles. The summed E-state index contributed by atoms with van der Waals surface area (Å²) in [6.07, 6.45) is -3.20. The molecule has 0 bridgehead atoms. The predicted molar refractivity (Wildman–Crippen MR) is 128 cm³/mol. The number of nitrogens with two attached hydrogens (primary N) is 1. The minimum atomic E-state index is -4.89. The maximum atomic E-state index is 13.6. The highest BCUT2D eigenvalue weighted by atomic mass is 35.5. The summed E-state index contributed by atoms with van der Waals surface area (Å²) in [7, 11) is 1.32. The zero-order valence-electron chi connectivity index (χ0n) is 19.7. The first kappa shape index (κ1) is 27.3. The van der Waals surface area contributed by atoms with Crippen molar-refractivity contribution >= 4 is 29.1 Å². The Morgan fingerprint density at radius 1 is 1.24 bits per heavy atom. The van der Waals surface area contributed by atoms with E-state index in [2.05, 4.69) is 20.7 Å². The van der Waals surface area contributed by atoms with Crippen LogP contribution in [0.1, 0.15) is 39.5 Å². The van der Waals surface area contributed by atoms with Gasteiger partial charge in [-0.3, -0.25) is 14.3 Å². The van der Waals surface area contributed by atoms with E-state index in [1.807, 2.05) is 0 Å². The molecule has 0 spiro atoms. The molecule has 38 heavy (non-hydrogen) atoms. The normalized spacial score (nSPS) is 17.1. The fourth-order valence-corrected chi connectivity index (χ4v) is 4.22. The van der Waals surface area contributed by atoms with Crippen molar-refractivity contribution in [3.05, 3.63) is 64.9 Å². The van der Waals surface area contributed by atoms with E-state index in [9.17, 15) is 31.5 Å². The summed E-state index contributed by atoms with van der Waals surface area (Å²) < 4.78 is 67.3. The Morgan fingerprint density at radius 2 is 1.95 bits per heavy atom. The van der Waals surface area contributed by atoms with Gasteiger partial charge in [-0.25, -0.2) is 4.98 Å². The third-order valence-corrected chi connectivity index (χ3v) is 6.22. The van der Waals surface area contributed by atoms with Crippen LogP contribution in [-0.2, 0) is 19.8 Å². The van der Waals surface area contributed by atoms with Gasteiger partial charge >= 0.3 is 6.18 Å². The van der Waals surface area contributed by atoms with Gasteiger partial charge in [-0.2, -0.15) is 27.1 Å². The van der Waals surface area contributed by atoms with Gasteiger partial charge in [0, 0.05) is 37.1 Å². The molecule has 1 fully saturated rings. The Hall–Kier alpha value is -3.78. The van der Waals surface area contributed by atoms with Crippen LogP contribution in [0.25, 0.3) is 11.3 Å². The van der Waals surface area contributed by atoms with Gasteiger partial charge in [0.2, 0.25) is 0 Å². The van der Waals surface area contributed by atoms with Crippen LogP contribution in [0, 0.1) is 0 Å². The maximum absolute atomic E-state index is 13.6. The lowest BCUT2D eigenvalue weighted by molar-refractivity contribution is -0.141. The third kappa shape index (κ3) is 5.86. The highest BCUT2D eigenvalue weighted by molar-refractivity contribution is 6.34. The first-order chi connectivity index (χ1) is 17.8. The number of nitrogens with zero attached hydrogens (tertiary/aromatic N) is 4. The number of anilines is 1. The smallest absolute Gasteiger partial charge is 0.349 e. The number of rotatable bonds is 7. The van der Waals surface area contributed by atoms with Crippen LogP contribution in [-0.4, -0.2) is 43.2 Å². The number of benzene rings is 1. The first-order valence-corrected chi connectivity index (χ1v) is 11.6. The van der Waals surface area contributed by atoms with Gasteiger partial charge in [-0.1, -0.05) is 11.6 Å².